The summed E-state index contributed by atoms with van der Waals surface area (Å²) in [6.07, 6.45) is 0.940. The number of hydrogen-bond acceptors (Lipinski definition) is 5. The van der Waals surface area contributed by atoms with Gasteiger partial charge in [-0.05, 0) is 24.3 Å². The number of nitrogens with zero attached hydrogens (tertiary/aromatic N) is 2. The van der Waals surface area contributed by atoms with Gasteiger partial charge < -0.3 is 15.0 Å². The number of amides is 2. The molecule has 0 atom stereocenters. The number of carbonyl (C=O) groups is 2. The molecule has 1 saturated heterocycles. The van der Waals surface area contributed by atoms with Crippen molar-refractivity contribution < 1.29 is 22.7 Å². The maximum absolute atomic E-state index is 12.9. The molecule has 0 saturated carbocycles. The van der Waals surface area contributed by atoms with Crippen molar-refractivity contribution in [1.29, 1.82) is 0 Å². The third kappa shape index (κ3) is 5.85. The van der Waals surface area contributed by atoms with Crippen LogP contribution in [0.25, 0.3) is 0 Å². The molecule has 1 aliphatic rings. The normalized spacial score (nSPS) is 14.2. The standard InChI is InChI=1S/C20H20Cl3N3O5S/c1-32(29,30)26(18-11-15(22)14(21)10-16(18)23)12-19(27)24-17-5-3-2-4-13(17)20(28)25-6-8-31-9-7-25/h2-5,10-11H,6-9,12H2,1H3,(H,24,27). The molecule has 1 N–H and O–H groups in total. The zero-order chi connectivity index (χ0) is 23.5. The van der Waals surface area contributed by atoms with Crippen molar-refractivity contribution in [2.24, 2.45) is 0 Å². The number of nitrogens with one attached hydrogen (secondary N) is 1. The fraction of sp³-hybridized carbons (Fsp3) is 0.300. The van der Waals surface area contributed by atoms with Gasteiger partial charge in [-0.2, -0.15) is 0 Å². The SMILES string of the molecule is CS(=O)(=O)N(CC(=O)Nc1ccccc1C(=O)N1CCOCC1)c1cc(Cl)c(Cl)cc1Cl. The molecule has 2 amide bonds. The lowest BCUT2D eigenvalue weighted by Crippen LogP contribution is -2.41. The number of hydrogen-bond donors (Lipinski definition) is 1. The summed E-state index contributed by atoms with van der Waals surface area (Å²) in [7, 11) is -3.90. The number of ether oxygens (including phenoxy) is 1. The topological polar surface area (TPSA) is 96.0 Å². The Hall–Kier alpha value is -2.04. The molecular formula is C20H20Cl3N3O5S. The second-order valence-corrected chi connectivity index (χ2v) is 10.1. The average Bonchev–Trinajstić information content (AvgIpc) is 2.74. The first-order chi connectivity index (χ1) is 15.1. The van der Waals surface area contributed by atoms with Crippen molar-refractivity contribution in [2.45, 2.75) is 0 Å². The highest BCUT2D eigenvalue weighted by molar-refractivity contribution is 7.92. The number of morpholine rings is 1. The van der Waals surface area contributed by atoms with E-state index in [2.05, 4.69) is 5.32 Å². The van der Waals surface area contributed by atoms with E-state index in [-0.39, 0.29) is 32.3 Å². The summed E-state index contributed by atoms with van der Waals surface area (Å²) in [5.41, 5.74) is 0.570. The Labute approximate surface area is 201 Å². The molecule has 0 aliphatic carbocycles. The Morgan fingerprint density at radius 2 is 1.69 bits per heavy atom. The van der Waals surface area contributed by atoms with Crippen LogP contribution in [0.3, 0.4) is 0 Å². The molecular weight excluding hydrogens is 501 g/mol. The van der Waals surface area contributed by atoms with Crippen LogP contribution in [0.15, 0.2) is 36.4 Å². The Morgan fingerprint density at radius 1 is 1.06 bits per heavy atom. The van der Waals surface area contributed by atoms with Gasteiger partial charge in [-0.15, -0.1) is 0 Å². The lowest BCUT2D eigenvalue weighted by Gasteiger charge is -2.28. The molecule has 1 aliphatic heterocycles. The molecule has 0 bridgehead atoms. The molecule has 0 aromatic heterocycles. The van der Waals surface area contributed by atoms with Gasteiger partial charge in [0.25, 0.3) is 5.91 Å². The number of benzene rings is 2. The average molecular weight is 521 g/mol. The van der Waals surface area contributed by atoms with Crippen LogP contribution in [-0.2, 0) is 19.6 Å². The Kier molecular flexibility index (Phi) is 7.89. The summed E-state index contributed by atoms with van der Waals surface area (Å²) in [5.74, 6) is -0.920. The van der Waals surface area contributed by atoms with Crippen molar-refractivity contribution in [1.82, 2.24) is 4.90 Å². The zero-order valence-corrected chi connectivity index (χ0v) is 20.1. The number of anilines is 2. The molecule has 0 radical (unpaired) electrons. The van der Waals surface area contributed by atoms with E-state index in [9.17, 15) is 18.0 Å². The highest BCUT2D eigenvalue weighted by Gasteiger charge is 2.26. The van der Waals surface area contributed by atoms with Crippen molar-refractivity contribution in [2.75, 3.05) is 48.7 Å². The van der Waals surface area contributed by atoms with Crippen LogP contribution >= 0.6 is 34.8 Å². The summed E-state index contributed by atoms with van der Waals surface area (Å²) in [6.45, 7) is 1.18. The van der Waals surface area contributed by atoms with Gasteiger partial charge in [0, 0.05) is 13.1 Å². The van der Waals surface area contributed by atoms with Gasteiger partial charge in [-0.1, -0.05) is 46.9 Å². The van der Waals surface area contributed by atoms with E-state index in [0.717, 1.165) is 10.6 Å². The molecule has 0 unspecified atom stereocenters. The summed E-state index contributed by atoms with van der Waals surface area (Å²) in [6, 6.07) is 9.08. The Morgan fingerprint density at radius 3 is 2.34 bits per heavy atom. The first-order valence-corrected chi connectivity index (χ1v) is 12.4. The number of para-hydroxylation sites is 1. The fourth-order valence-electron chi connectivity index (χ4n) is 3.12. The number of carbonyl (C=O) groups excluding carboxylic acids is 2. The van der Waals surface area contributed by atoms with Gasteiger partial charge in [-0.3, -0.25) is 13.9 Å². The Bertz CT molecular complexity index is 1140. The van der Waals surface area contributed by atoms with E-state index >= 15 is 0 Å². The zero-order valence-electron chi connectivity index (χ0n) is 17.0. The second-order valence-electron chi connectivity index (χ2n) is 6.99. The van der Waals surface area contributed by atoms with Crippen LogP contribution in [-0.4, -0.2) is 64.2 Å². The van der Waals surface area contributed by atoms with Crippen LogP contribution in [0.4, 0.5) is 11.4 Å². The molecule has 12 heteroatoms. The van der Waals surface area contributed by atoms with E-state index in [1.54, 1.807) is 29.2 Å². The molecule has 2 aromatic rings. The minimum Gasteiger partial charge on any atom is -0.378 e. The highest BCUT2D eigenvalue weighted by atomic mass is 35.5. The van der Waals surface area contributed by atoms with Crippen LogP contribution in [0, 0.1) is 0 Å². The van der Waals surface area contributed by atoms with Crippen LogP contribution < -0.4 is 9.62 Å². The molecule has 32 heavy (non-hydrogen) atoms. The van der Waals surface area contributed by atoms with Crippen LogP contribution in [0.1, 0.15) is 10.4 Å². The monoisotopic (exact) mass is 519 g/mol. The highest BCUT2D eigenvalue weighted by Crippen LogP contribution is 2.35. The maximum atomic E-state index is 12.9. The van der Waals surface area contributed by atoms with E-state index < -0.39 is 22.5 Å². The summed E-state index contributed by atoms with van der Waals surface area (Å²) in [5, 5.41) is 2.87. The third-order valence-corrected chi connectivity index (χ3v) is 6.83. The van der Waals surface area contributed by atoms with Crippen molar-refractivity contribution >= 4 is 68.0 Å². The van der Waals surface area contributed by atoms with Crippen molar-refractivity contribution in [3.8, 4) is 0 Å². The Balaban J connectivity index is 1.84. The van der Waals surface area contributed by atoms with Crippen LogP contribution in [0.2, 0.25) is 15.1 Å². The molecule has 1 fully saturated rings. The van der Waals surface area contributed by atoms with Gasteiger partial charge in [0.2, 0.25) is 15.9 Å². The third-order valence-electron chi connectivity index (χ3n) is 4.68. The summed E-state index contributed by atoms with van der Waals surface area (Å²) < 4.78 is 30.9. The lowest BCUT2D eigenvalue weighted by atomic mass is 10.1. The number of halogens is 3. The van der Waals surface area contributed by atoms with Gasteiger partial charge in [0.15, 0.2) is 0 Å². The molecule has 0 spiro atoms. The molecule has 3 rings (SSSR count). The van der Waals surface area contributed by atoms with Gasteiger partial charge in [0.05, 0.1) is 51.5 Å². The van der Waals surface area contributed by atoms with Crippen LogP contribution in [0.5, 0.6) is 0 Å². The summed E-state index contributed by atoms with van der Waals surface area (Å²) in [4.78, 5) is 27.3. The molecule has 1 heterocycles. The molecule has 2 aromatic carbocycles. The van der Waals surface area contributed by atoms with Crippen molar-refractivity contribution in [3.63, 3.8) is 0 Å². The predicted molar refractivity (Wildman–Crippen MR) is 125 cm³/mol. The van der Waals surface area contributed by atoms with Gasteiger partial charge >= 0.3 is 0 Å². The number of sulfonamides is 1. The van der Waals surface area contributed by atoms with Crippen molar-refractivity contribution in [3.05, 3.63) is 57.0 Å². The first-order valence-electron chi connectivity index (χ1n) is 9.46. The lowest BCUT2D eigenvalue weighted by molar-refractivity contribution is -0.114. The van der Waals surface area contributed by atoms with Gasteiger partial charge in [0.1, 0.15) is 6.54 Å². The minimum atomic E-state index is -3.90. The maximum Gasteiger partial charge on any atom is 0.256 e. The second kappa shape index (κ2) is 10.3. The fourth-order valence-corrected chi connectivity index (χ4v) is 4.67. The van der Waals surface area contributed by atoms with E-state index in [4.69, 9.17) is 39.5 Å². The van der Waals surface area contributed by atoms with E-state index in [1.807, 2.05) is 0 Å². The minimum absolute atomic E-state index is 0.0106. The molecule has 8 nitrogen and oxygen atoms in total. The smallest absolute Gasteiger partial charge is 0.256 e. The quantitative estimate of drug-likeness (QED) is 0.588. The van der Waals surface area contributed by atoms with E-state index in [0.29, 0.717) is 31.9 Å². The largest absolute Gasteiger partial charge is 0.378 e. The number of rotatable bonds is 6. The van der Waals surface area contributed by atoms with E-state index in [1.165, 1.54) is 12.1 Å². The summed E-state index contributed by atoms with van der Waals surface area (Å²) >= 11 is 18.1. The van der Waals surface area contributed by atoms with Gasteiger partial charge in [-0.25, -0.2) is 8.42 Å². The predicted octanol–water partition coefficient (Wildman–Crippen LogP) is 3.52. The molecule has 172 valence electrons. The first kappa shape index (κ1) is 24.6.